The molecule has 0 aliphatic carbocycles. The van der Waals surface area contributed by atoms with Gasteiger partial charge in [-0.25, -0.2) is 5.84 Å². The third-order valence-corrected chi connectivity index (χ3v) is 2.35. The second-order valence-electron chi connectivity index (χ2n) is 4.29. The fraction of sp³-hybridized carbons (Fsp3) is 0.615. The predicted octanol–water partition coefficient (Wildman–Crippen LogP) is 2.90. The fourth-order valence-corrected chi connectivity index (χ4v) is 1.45. The molecule has 0 atom stereocenters. The van der Waals surface area contributed by atoms with Crippen LogP contribution < -0.4 is 16.6 Å². The SMILES string of the molecule is CC.CC(C)c1nccc(N)c1N(N)C(C)C. The summed E-state index contributed by atoms with van der Waals surface area (Å²) in [6.45, 7) is 12.2. The van der Waals surface area contributed by atoms with Crippen molar-refractivity contribution < 1.29 is 0 Å². The molecule has 4 heteroatoms. The smallest absolute Gasteiger partial charge is 0.0968 e. The summed E-state index contributed by atoms with van der Waals surface area (Å²) in [6.07, 6.45) is 1.72. The molecule has 0 saturated heterocycles. The summed E-state index contributed by atoms with van der Waals surface area (Å²) < 4.78 is 0. The van der Waals surface area contributed by atoms with E-state index >= 15 is 0 Å². The summed E-state index contributed by atoms with van der Waals surface area (Å²) in [5.41, 5.74) is 8.42. The minimum Gasteiger partial charge on any atom is -0.397 e. The number of rotatable bonds is 3. The van der Waals surface area contributed by atoms with Crippen molar-refractivity contribution in [2.24, 2.45) is 5.84 Å². The maximum Gasteiger partial charge on any atom is 0.0968 e. The van der Waals surface area contributed by atoms with Gasteiger partial charge in [0.2, 0.25) is 0 Å². The number of nitrogens with zero attached hydrogens (tertiary/aromatic N) is 2. The summed E-state index contributed by atoms with van der Waals surface area (Å²) in [5, 5.41) is 1.68. The van der Waals surface area contributed by atoms with Crippen LogP contribution in [-0.2, 0) is 0 Å². The lowest BCUT2D eigenvalue weighted by molar-refractivity contribution is 0.695. The first kappa shape index (κ1) is 15.7. The lowest BCUT2D eigenvalue weighted by atomic mass is 10.1. The van der Waals surface area contributed by atoms with Gasteiger partial charge in [0.15, 0.2) is 0 Å². The maximum atomic E-state index is 5.99. The summed E-state index contributed by atoms with van der Waals surface area (Å²) in [5.74, 6) is 6.30. The number of nitrogen functional groups attached to an aromatic ring is 1. The Bertz CT molecular complexity index is 334. The van der Waals surface area contributed by atoms with Crippen LogP contribution in [0.25, 0.3) is 0 Å². The molecule has 0 aromatic carbocycles. The number of hydrogen-bond donors (Lipinski definition) is 2. The van der Waals surface area contributed by atoms with E-state index in [1.165, 1.54) is 0 Å². The first-order chi connectivity index (χ1) is 7.95. The average Bonchev–Trinajstić information content (AvgIpc) is 2.30. The Kier molecular flexibility index (Phi) is 6.58. The summed E-state index contributed by atoms with van der Waals surface area (Å²) in [7, 11) is 0. The van der Waals surface area contributed by atoms with E-state index in [0.717, 1.165) is 11.4 Å². The van der Waals surface area contributed by atoms with Crippen LogP contribution in [0.5, 0.6) is 0 Å². The molecule has 1 rings (SSSR count). The highest BCUT2D eigenvalue weighted by molar-refractivity contribution is 5.69. The van der Waals surface area contributed by atoms with Crippen LogP contribution in [-0.4, -0.2) is 11.0 Å². The molecule has 0 saturated carbocycles. The molecule has 98 valence electrons. The van der Waals surface area contributed by atoms with Gasteiger partial charge in [0, 0.05) is 12.2 Å². The van der Waals surface area contributed by atoms with Gasteiger partial charge >= 0.3 is 0 Å². The monoisotopic (exact) mass is 238 g/mol. The lowest BCUT2D eigenvalue weighted by Crippen LogP contribution is -2.39. The summed E-state index contributed by atoms with van der Waals surface area (Å²) in [6, 6.07) is 1.98. The minimum atomic E-state index is 0.203. The van der Waals surface area contributed by atoms with Gasteiger partial charge in [-0.1, -0.05) is 27.7 Å². The molecule has 0 fully saturated rings. The van der Waals surface area contributed by atoms with Crippen LogP contribution in [0.3, 0.4) is 0 Å². The molecule has 17 heavy (non-hydrogen) atoms. The minimum absolute atomic E-state index is 0.203. The highest BCUT2D eigenvalue weighted by atomic mass is 15.4. The van der Waals surface area contributed by atoms with Gasteiger partial charge in [-0.3, -0.25) is 4.98 Å². The highest BCUT2D eigenvalue weighted by Crippen LogP contribution is 2.30. The molecule has 0 radical (unpaired) electrons. The zero-order valence-electron chi connectivity index (χ0n) is 11.9. The second-order valence-corrected chi connectivity index (χ2v) is 4.29. The zero-order valence-corrected chi connectivity index (χ0v) is 11.9. The molecule has 0 amide bonds. The van der Waals surface area contributed by atoms with Crippen LogP contribution >= 0.6 is 0 Å². The molecule has 1 aromatic heterocycles. The van der Waals surface area contributed by atoms with E-state index in [9.17, 15) is 0 Å². The number of nitrogens with two attached hydrogens (primary N) is 2. The number of pyridine rings is 1. The van der Waals surface area contributed by atoms with Crippen molar-refractivity contribution in [3.63, 3.8) is 0 Å². The third kappa shape index (κ3) is 3.89. The van der Waals surface area contributed by atoms with Crippen molar-refractivity contribution >= 4 is 11.4 Å². The molecule has 1 heterocycles. The zero-order chi connectivity index (χ0) is 13.6. The molecule has 0 spiro atoms. The number of anilines is 2. The van der Waals surface area contributed by atoms with Crippen LogP contribution in [0.4, 0.5) is 11.4 Å². The van der Waals surface area contributed by atoms with E-state index in [2.05, 4.69) is 18.8 Å². The Morgan fingerprint density at radius 3 is 2.12 bits per heavy atom. The molecule has 0 aliphatic heterocycles. The van der Waals surface area contributed by atoms with Crippen LogP contribution in [0, 0.1) is 0 Å². The van der Waals surface area contributed by atoms with E-state index in [0.29, 0.717) is 11.6 Å². The Balaban J connectivity index is 0.00000121. The molecule has 1 aromatic rings. The largest absolute Gasteiger partial charge is 0.397 e. The fourth-order valence-electron chi connectivity index (χ4n) is 1.45. The van der Waals surface area contributed by atoms with E-state index in [1.54, 1.807) is 17.3 Å². The van der Waals surface area contributed by atoms with E-state index in [4.69, 9.17) is 11.6 Å². The molecule has 0 bridgehead atoms. The molecule has 4 N–H and O–H groups in total. The lowest BCUT2D eigenvalue weighted by Gasteiger charge is -2.27. The van der Waals surface area contributed by atoms with E-state index in [1.807, 2.05) is 27.7 Å². The Labute approximate surface area is 105 Å². The third-order valence-electron chi connectivity index (χ3n) is 2.35. The van der Waals surface area contributed by atoms with Crippen molar-refractivity contribution in [2.75, 3.05) is 10.7 Å². The van der Waals surface area contributed by atoms with Crippen LogP contribution in [0.1, 0.15) is 53.2 Å². The molecular weight excluding hydrogens is 212 g/mol. The molecular formula is C13H26N4. The maximum absolute atomic E-state index is 5.99. The van der Waals surface area contributed by atoms with Crippen LogP contribution in [0.2, 0.25) is 0 Å². The number of hydrogen-bond acceptors (Lipinski definition) is 4. The summed E-state index contributed by atoms with van der Waals surface area (Å²) >= 11 is 0. The first-order valence-corrected chi connectivity index (χ1v) is 6.23. The van der Waals surface area contributed by atoms with Crippen molar-refractivity contribution in [1.29, 1.82) is 0 Å². The van der Waals surface area contributed by atoms with Gasteiger partial charge in [-0.2, -0.15) is 0 Å². The van der Waals surface area contributed by atoms with Crippen molar-refractivity contribution in [3.8, 4) is 0 Å². The topological polar surface area (TPSA) is 68.2 Å². The van der Waals surface area contributed by atoms with E-state index < -0.39 is 0 Å². The number of hydrazine groups is 1. The van der Waals surface area contributed by atoms with Crippen LogP contribution in [0.15, 0.2) is 12.3 Å². The van der Waals surface area contributed by atoms with Gasteiger partial charge in [-0.05, 0) is 25.8 Å². The Hall–Kier alpha value is -1.29. The van der Waals surface area contributed by atoms with Crippen molar-refractivity contribution in [3.05, 3.63) is 18.0 Å². The van der Waals surface area contributed by atoms with Gasteiger partial charge in [-0.15, -0.1) is 0 Å². The highest BCUT2D eigenvalue weighted by Gasteiger charge is 2.17. The summed E-state index contributed by atoms with van der Waals surface area (Å²) in [4.78, 5) is 4.34. The second kappa shape index (κ2) is 7.12. The quantitative estimate of drug-likeness (QED) is 0.627. The Morgan fingerprint density at radius 2 is 1.71 bits per heavy atom. The first-order valence-electron chi connectivity index (χ1n) is 6.23. The van der Waals surface area contributed by atoms with Gasteiger partial charge in [0.05, 0.1) is 17.1 Å². The molecule has 0 aliphatic rings. The van der Waals surface area contributed by atoms with Crippen molar-refractivity contribution in [1.82, 2.24) is 4.98 Å². The van der Waals surface area contributed by atoms with Gasteiger partial charge < -0.3 is 10.7 Å². The van der Waals surface area contributed by atoms with E-state index in [-0.39, 0.29) is 6.04 Å². The van der Waals surface area contributed by atoms with Gasteiger partial charge in [0.1, 0.15) is 0 Å². The molecule has 0 unspecified atom stereocenters. The standard InChI is InChI=1S/C11H20N4.C2H6/c1-7(2)10-11(15(13)8(3)4)9(12)5-6-14-10;1-2/h5-8H,13H2,1-4H3,(H2,12,14);1-2H3. The number of aromatic nitrogens is 1. The Morgan fingerprint density at radius 1 is 1.18 bits per heavy atom. The molecule has 4 nitrogen and oxygen atoms in total. The predicted molar refractivity (Wildman–Crippen MR) is 75.9 cm³/mol. The van der Waals surface area contributed by atoms with Gasteiger partial charge in [0.25, 0.3) is 0 Å². The average molecular weight is 238 g/mol. The normalized spacial score (nSPS) is 10.2. The van der Waals surface area contributed by atoms with Crippen molar-refractivity contribution in [2.45, 2.75) is 53.5 Å².